The van der Waals surface area contributed by atoms with Crippen LogP contribution in [-0.4, -0.2) is 51.9 Å². The quantitative estimate of drug-likeness (QED) is 0.805. The zero-order valence-corrected chi connectivity index (χ0v) is 15.3. The van der Waals surface area contributed by atoms with Gasteiger partial charge < -0.3 is 14.5 Å². The van der Waals surface area contributed by atoms with Gasteiger partial charge in [0.15, 0.2) is 5.69 Å². The molecule has 1 aliphatic carbocycles. The molecule has 1 N–H and O–H groups in total. The van der Waals surface area contributed by atoms with Gasteiger partial charge in [0.05, 0.1) is 31.1 Å². The van der Waals surface area contributed by atoms with Crippen LogP contribution in [0, 0.1) is 0 Å². The van der Waals surface area contributed by atoms with Crippen molar-refractivity contribution in [2.45, 2.75) is 44.4 Å². The van der Waals surface area contributed by atoms with Crippen LogP contribution in [0.3, 0.4) is 0 Å². The molecule has 2 aromatic rings. The highest BCUT2D eigenvalue weighted by molar-refractivity contribution is 5.91. The van der Waals surface area contributed by atoms with E-state index in [1.807, 2.05) is 17.9 Å². The molecule has 2 aliphatic rings. The Labute approximate surface area is 152 Å². The standard InChI is InChI=1S/C18H25N5O3/c1-22-16(14(7-20-22)12-3-4-12)8-19-18(24)15-11-26-17(21-15)10-23-6-5-13(9-23)25-2/h7,11-13H,3-6,8-10H2,1-2H3,(H,19,24)/t13-/m0/s1. The predicted molar refractivity (Wildman–Crippen MR) is 93.5 cm³/mol. The van der Waals surface area contributed by atoms with Crippen molar-refractivity contribution in [1.29, 1.82) is 0 Å². The van der Waals surface area contributed by atoms with Crippen LogP contribution in [0.1, 0.15) is 52.8 Å². The van der Waals surface area contributed by atoms with Crippen molar-refractivity contribution in [2.75, 3.05) is 20.2 Å². The molecule has 4 rings (SSSR count). The van der Waals surface area contributed by atoms with Gasteiger partial charge in [-0.2, -0.15) is 5.10 Å². The third-order valence-electron chi connectivity index (χ3n) is 5.23. The predicted octanol–water partition coefficient (Wildman–Crippen LogP) is 1.44. The molecule has 1 amide bonds. The second kappa shape index (κ2) is 7.20. The highest BCUT2D eigenvalue weighted by Crippen LogP contribution is 2.41. The van der Waals surface area contributed by atoms with Crippen molar-refractivity contribution < 1.29 is 13.9 Å². The molecule has 0 aromatic carbocycles. The fourth-order valence-corrected chi connectivity index (χ4v) is 3.50. The molecule has 1 saturated heterocycles. The topological polar surface area (TPSA) is 85.4 Å². The molecular weight excluding hydrogens is 334 g/mol. The monoisotopic (exact) mass is 359 g/mol. The van der Waals surface area contributed by atoms with Crippen molar-refractivity contribution in [3.05, 3.63) is 35.3 Å². The van der Waals surface area contributed by atoms with Crippen LogP contribution in [0.4, 0.5) is 0 Å². The van der Waals surface area contributed by atoms with E-state index in [2.05, 4.69) is 20.3 Å². The molecule has 8 heteroatoms. The fraction of sp³-hybridized carbons (Fsp3) is 0.611. The van der Waals surface area contributed by atoms with E-state index in [1.54, 1.807) is 7.11 Å². The number of methoxy groups -OCH3 is 1. The van der Waals surface area contributed by atoms with E-state index in [4.69, 9.17) is 9.15 Å². The Hall–Kier alpha value is -2.19. The van der Waals surface area contributed by atoms with E-state index in [9.17, 15) is 4.79 Å². The van der Waals surface area contributed by atoms with Gasteiger partial charge in [-0.1, -0.05) is 0 Å². The summed E-state index contributed by atoms with van der Waals surface area (Å²) in [5.41, 5.74) is 2.63. The van der Waals surface area contributed by atoms with Gasteiger partial charge >= 0.3 is 0 Å². The van der Waals surface area contributed by atoms with Crippen molar-refractivity contribution in [2.24, 2.45) is 7.05 Å². The van der Waals surface area contributed by atoms with Crippen molar-refractivity contribution in [3.8, 4) is 0 Å². The molecule has 0 unspecified atom stereocenters. The number of amides is 1. The van der Waals surface area contributed by atoms with Gasteiger partial charge in [0.2, 0.25) is 5.89 Å². The first-order valence-electron chi connectivity index (χ1n) is 9.12. The summed E-state index contributed by atoms with van der Waals surface area (Å²) >= 11 is 0. The van der Waals surface area contributed by atoms with E-state index in [1.165, 1.54) is 24.7 Å². The number of carbonyl (C=O) groups is 1. The number of carbonyl (C=O) groups excluding carboxylic acids is 1. The molecule has 8 nitrogen and oxygen atoms in total. The highest BCUT2D eigenvalue weighted by Gasteiger charge is 2.28. The van der Waals surface area contributed by atoms with Crippen molar-refractivity contribution >= 4 is 5.91 Å². The lowest BCUT2D eigenvalue weighted by atomic mass is 10.1. The average molecular weight is 359 g/mol. The van der Waals surface area contributed by atoms with Gasteiger partial charge in [0.25, 0.3) is 5.91 Å². The van der Waals surface area contributed by atoms with Crippen molar-refractivity contribution in [3.63, 3.8) is 0 Å². The maximum atomic E-state index is 12.4. The first-order chi connectivity index (χ1) is 12.6. The van der Waals surface area contributed by atoms with Gasteiger partial charge in [-0.25, -0.2) is 4.98 Å². The molecule has 140 valence electrons. The molecule has 26 heavy (non-hydrogen) atoms. The van der Waals surface area contributed by atoms with Gasteiger partial charge in [0, 0.05) is 27.2 Å². The number of aryl methyl sites for hydroxylation is 1. The molecule has 0 bridgehead atoms. The summed E-state index contributed by atoms with van der Waals surface area (Å²) in [6, 6.07) is 0. The summed E-state index contributed by atoms with van der Waals surface area (Å²) in [5, 5.41) is 7.25. The molecule has 2 fully saturated rings. The lowest BCUT2D eigenvalue weighted by Gasteiger charge is -2.12. The zero-order valence-electron chi connectivity index (χ0n) is 15.3. The third-order valence-corrected chi connectivity index (χ3v) is 5.23. The summed E-state index contributed by atoms with van der Waals surface area (Å²) in [5.74, 6) is 0.941. The SMILES string of the molecule is CO[C@H]1CCN(Cc2nc(C(=O)NCc3c(C4CC4)cnn3C)co2)C1. The Morgan fingerprint density at radius 3 is 3.00 bits per heavy atom. The van der Waals surface area contributed by atoms with E-state index in [0.717, 1.165) is 25.2 Å². The number of nitrogens with one attached hydrogen (secondary N) is 1. The minimum atomic E-state index is -0.223. The number of aromatic nitrogens is 3. The number of likely N-dealkylation sites (tertiary alicyclic amines) is 1. The Bertz CT molecular complexity index is 780. The summed E-state index contributed by atoms with van der Waals surface area (Å²) in [6.07, 6.45) is 7.04. The molecular formula is C18H25N5O3. The Morgan fingerprint density at radius 2 is 2.27 bits per heavy atom. The average Bonchev–Trinajstić information content (AvgIpc) is 3.05. The Morgan fingerprint density at radius 1 is 1.42 bits per heavy atom. The first kappa shape index (κ1) is 17.2. The maximum absolute atomic E-state index is 12.4. The molecule has 1 saturated carbocycles. The second-order valence-electron chi connectivity index (χ2n) is 7.14. The summed E-state index contributed by atoms with van der Waals surface area (Å²) in [7, 11) is 3.64. The smallest absolute Gasteiger partial charge is 0.273 e. The lowest BCUT2D eigenvalue weighted by Crippen LogP contribution is -2.25. The van der Waals surface area contributed by atoms with E-state index in [-0.39, 0.29) is 12.0 Å². The Kier molecular flexibility index (Phi) is 4.78. The fourth-order valence-electron chi connectivity index (χ4n) is 3.50. The summed E-state index contributed by atoms with van der Waals surface area (Å²) in [4.78, 5) is 19.0. The minimum Gasteiger partial charge on any atom is -0.447 e. The number of ether oxygens (including phenoxy) is 1. The number of oxazole rings is 1. The van der Waals surface area contributed by atoms with E-state index < -0.39 is 0 Å². The molecule has 1 aliphatic heterocycles. The van der Waals surface area contributed by atoms with Gasteiger partial charge in [-0.15, -0.1) is 0 Å². The van der Waals surface area contributed by atoms with Crippen LogP contribution in [0.2, 0.25) is 0 Å². The molecule has 0 spiro atoms. The normalized spacial score (nSPS) is 20.6. The van der Waals surface area contributed by atoms with Gasteiger partial charge in [-0.05, 0) is 30.7 Å². The van der Waals surface area contributed by atoms with E-state index in [0.29, 0.717) is 30.6 Å². The number of hydrogen-bond acceptors (Lipinski definition) is 6. The second-order valence-corrected chi connectivity index (χ2v) is 7.14. The Balaban J connectivity index is 1.33. The molecule has 3 heterocycles. The molecule has 2 aromatic heterocycles. The van der Waals surface area contributed by atoms with Crippen LogP contribution in [0.15, 0.2) is 16.9 Å². The van der Waals surface area contributed by atoms with Gasteiger partial charge in [-0.3, -0.25) is 14.4 Å². The molecule has 1 atom stereocenters. The first-order valence-corrected chi connectivity index (χ1v) is 9.12. The zero-order chi connectivity index (χ0) is 18.1. The largest absolute Gasteiger partial charge is 0.447 e. The summed E-state index contributed by atoms with van der Waals surface area (Å²) in [6.45, 7) is 2.86. The van der Waals surface area contributed by atoms with Crippen LogP contribution in [0.5, 0.6) is 0 Å². The minimum absolute atomic E-state index is 0.223. The van der Waals surface area contributed by atoms with Gasteiger partial charge in [0.1, 0.15) is 6.26 Å². The third kappa shape index (κ3) is 3.66. The number of hydrogen-bond donors (Lipinski definition) is 1. The van der Waals surface area contributed by atoms with Crippen molar-refractivity contribution in [1.82, 2.24) is 25.0 Å². The van der Waals surface area contributed by atoms with E-state index >= 15 is 0 Å². The number of nitrogens with zero attached hydrogens (tertiary/aromatic N) is 4. The number of rotatable bonds is 7. The van der Waals surface area contributed by atoms with Crippen LogP contribution in [-0.2, 0) is 24.9 Å². The molecule has 0 radical (unpaired) electrons. The summed E-state index contributed by atoms with van der Waals surface area (Å²) < 4.78 is 12.7. The van der Waals surface area contributed by atoms with Crippen LogP contribution >= 0.6 is 0 Å². The van der Waals surface area contributed by atoms with Crippen LogP contribution < -0.4 is 5.32 Å². The maximum Gasteiger partial charge on any atom is 0.273 e. The van der Waals surface area contributed by atoms with Crippen LogP contribution in [0.25, 0.3) is 0 Å². The highest BCUT2D eigenvalue weighted by atomic mass is 16.5. The lowest BCUT2D eigenvalue weighted by molar-refractivity contribution is 0.0944.